The molecular formula is C14H14N2O2. The largest absolute Gasteiger partial charge is 0.508 e. The van der Waals surface area contributed by atoms with Gasteiger partial charge in [-0.15, -0.1) is 0 Å². The molecule has 0 atom stereocenters. The van der Waals surface area contributed by atoms with Crippen LogP contribution in [0.1, 0.15) is 15.9 Å². The Kier molecular flexibility index (Phi) is 3.60. The first-order valence-corrected chi connectivity index (χ1v) is 5.58. The summed E-state index contributed by atoms with van der Waals surface area (Å²) >= 11 is 0. The highest BCUT2D eigenvalue weighted by Gasteiger charge is 2.05. The lowest BCUT2D eigenvalue weighted by Gasteiger charge is -2.06. The number of carbonyl (C=O) groups excluding carboxylic acids is 1. The zero-order chi connectivity index (χ0) is 13.0. The van der Waals surface area contributed by atoms with Gasteiger partial charge in [-0.1, -0.05) is 12.1 Å². The van der Waals surface area contributed by atoms with E-state index >= 15 is 0 Å². The molecule has 2 aromatic carbocycles. The number of anilines is 1. The van der Waals surface area contributed by atoms with E-state index in [0.717, 1.165) is 5.56 Å². The van der Waals surface area contributed by atoms with Crippen molar-refractivity contribution in [2.45, 2.75) is 6.54 Å². The van der Waals surface area contributed by atoms with Crippen molar-refractivity contribution in [3.63, 3.8) is 0 Å². The summed E-state index contributed by atoms with van der Waals surface area (Å²) in [5.41, 5.74) is 7.68. The van der Waals surface area contributed by atoms with E-state index in [1.807, 2.05) is 12.1 Å². The topological polar surface area (TPSA) is 75.4 Å². The second kappa shape index (κ2) is 5.33. The number of carbonyl (C=O) groups is 1. The molecule has 0 unspecified atom stereocenters. The van der Waals surface area contributed by atoms with Crippen molar-refractivity contribution in [2.75, 3.05) is 5.32 Å². The van der Waals surface area contributed by atoms with Gasteiger partial charge in [0.25, 0.3) is 5.91 Å². The molecule has 0 bridgehead atoms. The summed E-state index contributed by atoms with van der Waals surface area (Å²) in [6.07, 6.45) is 0. The van der Waals surface area contributed by atoms with E-state index in [4.69, 9.17) is 10.8 Å². The Hall–Kier alpha value is -2.33. The maximum atomic E-state index is 11.9. The summed E-state index contributed by atoms with van der Waals surface area (Å²) in [6.45, 7) is 0.458. The number of aromatic hydroxyl groups is 1. The van der Waals surface area contributed by atoms with Crippen molar-refractivity contribution in [1.29, 1.82) is 0 Å². The highest BCUT2D eigenvalue weighted by atomic mass is 16.3. The van der Waals surface area contributed by atoms with E-state index in [9.17, 15) is 4.79 Å². The number of phenolic OH excluding ortho intramolecular Hbond substituents is 1. The summed E-state index contributed by atoms with van der Waals surface area (Å²) in [4.78, 5) is 11.9. The fraction of sp³-hybridized carbons (Fsp3) is 0.0714. The monoisotopic (exact) mass is 242 g/mol. The summed E-state index contributed by atoms with van der Waals surface area (Å²) in [6, 6.07) is 13.4. The quantitative estimate of drug-likeness (QED) is 0.721. The third-order valence-electron chi connectivity index (χ3n) is 2.58. The van der Waals surface area contributed by atoms with E-state index in [1.54, 1.807) is 24.3 Å². The molecule has 1 amide bonds. The Morgan fingerprint density at radius 1 is 1.06 bits per heavy atom. The van der Waals surface area contributed by atoms with Gasteiger partial charge in [0.1, 0.15) is 5.75 Å². The molecule has 0 aliphatic rings. The van der Waals surface area contributed by atoms with Crippen LogP contribution >= 0.6 is 0 Å². The lowest BCUT2D eigenvalue weighted by Crippen LogP contribution is -2.11. The fourth-order valence-corrected chi connectivity index (χ4v) is 1.54. The van der Waals surface area contributed by atoms with Crippen molar-refractivity contribution in [1.82, 2.24) is 0 Å². The highest BCUT2D eigenvalue weighted by Crippen LogP contribution is 2.15. The number of rotatable bonds is 3. The van der Waals surface area contributed by atoms with Crippen molar-refractivity contribution in [2.24, 2.45) is 5.73 Å². The van der Waals surface area contributed by atoms with Gasteiger partial charge >= 0.3 is 0 Å². The van der Waals surface area contributed by atoms with E-state index in [1.165, 1.54) is 12.1 Å². The first-order valence-electron chi connectivity index (χ1n) is 5.58. The van der Waals surface area contributed by atoms with Crippen LogP contribution in [0.4, 0.5) is 5.69 Å². The van der Waals surface area contributed by atoms with Crippen LogP contribution in [0.3, 0.4) is 0 Å². The van der Waals surface area contributed by atoms with E-state index in [-0.39, 0.29) is 11.7 Å². The lowest BCUT2D eigenvalue weighted by atomic mass is 10.1. The van der Waals surface area contributed by atoms with Gasteiger partial charge < -0.3 is 16.2 Å². The summed E-state index contributed by atoms with van der Waals surface area (Å²) in [7, 11) is 0. The zero-order valence-electron chi connectivity index (χ0n) is 9.76. The van der Waals surface area contributed by atoms with Gasteiger partial charge in [0.2, 0.25) is 0 Å². The van der Waals surface area contributed by atoms with Gasteiger partial charge in [-0.05, 0) is 42.0 Å². The van der Waals surface area contributed by atoms with E-state index < -0.39 is 0 Å². The molecule has 0 spiro atoms. The van der Waals surface area contributed by atoms with Crippen LogP contribution in [0, 0.1) is 0 Å². The molecule has 0 aliphatic heterocycles. The third-order valence-corrected chi connectivity index (χ3v) is 2.58. The molecule has 4 nitrogen and oxygen atoms in total. The predicted molar refractivity (Wildman–Crippen MR) is 70.4 cm³/mol. The number of benzene rings is 2. The minimum Gasteiger partial charge on any atom is -0.508 e. The van der Waals surface area contributed by atoms with Crippen LogP contribution in [0.25, 0.3) is 0 Å². The molecular weight excluding hydrogens is 228 g/mol. The normalized spacial score (nSPS) is 10.1. The Morgan fingerprint density at radius 3 is 2.22 bits per heavy atom. The number of amides is 1. The summed E-state index contributed by atoms with van der Waals surface area (Å²) in [5, 5.41) is 11.9. The molecule has 0 fully saturated rings. The molecule has 0 aliphatic carbocycles. The molecule has 4 N–H and O–H groups in total. The Balaban J connectivity index is 2.09. The Labute approximate surface area is 105 Å². The third kappa shape index (κ3) is 2.87. The Bertz CT molecular complexity index is 533. The molecule has 0 heterocycles. The minimum absolute atomic E-state index is 0.167. The molecule has 0 radical (unpaired) electrons. The fourth-order valence-electron chi connectivity index (χ4n) is 1.54. The zero-order valence-corrected chi connectivity index (χ0v) is 9.76. The maximum Gasteiger partial charge on any atom is 0.255 e. The molecule has 0 saturated carbocycles. The van der Waals surface area contributed by atoms with Crippen LogP contribution in [0.5, 0.6) is 5.75 Å². The van der Waals surface area contributed by atoms with Gasteiger partial charge in [-0.25, -0.2) is 0 Å². The second-order valence-electron chi connectivity index (χ2n) is 3.90. The van der Waals surface area contributed by atoms with Crippen LogP contribution in [-0.4, -0.2) is 11.0 Å². The first kappa shape index (κ1) is 12.1. The minimum atomic E-state index is -0.190. The average Bonchev–Trinajstić information content (AvgIpc) is 2.41. The maximum absolute atomic E-state index is 11.9. The van der Waals surface area contributed by atoms with Crippen molar-refractivity contribution in [3.05, 3.63) is 59.7 Å². The molecule has 2 rings (SSSR count). The molecule has 2 aromatic rings. The Morgan fingerprint density at radius 2 is 1.67 bits per heavy atom. The average molecular weight is 242 g/mol. The molecule has 92 valence electrons. The summed E-state index contributed by atoms with van der Waals surface area (Å²) in [5.74, 6) is -0.0236. The van der Waals surface area contributed by atoms with Crippen LogP contribution in [-0.2, 0) is 6.54 Å². The standard InChI is InChI=1S/C14H14N2O2/c15-9-10-1-3-11(4-2-10)14(18)16-12-5-7-13(17)8-6-12/h1-8,17H,9,15H2,(H,16,18). The highest BCUT2D eigenvalue weighted by molar-refractivity contribution is 6.04. The van der Waals surface area contributed by atoms with Gasteiger partial charge in [-0.3, -0.25) is 4.79 Å². The van der Waals surface area contributed by atoms with Crippen molar-refractivity contribution < 1.29 is 9.90 Å². The number of hydrogen-bond donors (Lipinski definition) is 3. The molecule has 4 heteroatoms. The summed E-state index contributed by atoms with van der Waals surface area (Å²) < 4.78 is 0. The van der Waals surface area contributed by atoms with Gasteiger partial charge in [0, 0.05) is 17.8 Å². The van der Waals surface area contributed by atoms with Crippen LogP contribution in [0.15, 0.2) is 48.5 Å². The van der Waals surface area contributed by atoms with Gasteiger partial charge in [0.05, 0.1) is 0 Å². The van der Waals surface area contributed by atoms with Crippen LogP contribution in [0.2, 0.25) is 0 Å². The predicted octanol–water partition coefficient (Wildman–Crippen LogP) is 2.10. The number of nitrogens with two attached hydrogens (primary N) is 1. The number of phenols is 1. The van der Waals surface area contributed by atoms with E-state index in [0.29, 0.717) is 17.8 Å². The first-order chi connectivity index (χ1) is 8.69. The van der Waals surface area contributed by atoms with E-state index in [2.05, 4.69) is 5.32 Å². The molecule has 18 heavy (non-hydrogen) atoms. The number of nitrogens with one attached hydrogen (secondary N) is 1. The van der Waals surface area contributed by atoms with Crippen LogP contribution < -0.4 is 11.1 Å². The van der Waals surface area contributed by atoms with Gasteiger partial charge in [0.15, 0.2) is 0 Å². The second-order valence-corrected chi connectivity index (χ2v) is 3.90. The number of hydrogen-bond acceptors (Lipinski definition) is 3. The molecule has 0 aromatic heterocycles. The van der Waals surface area contributed by atoms with Gasteiger partial charge in [-0.2, -0.15) is 0 Å². The van der Waals surface area contributed by atoms with Crippen molar-refractivity contribution in [3.8, 4) is 5.75 Å². The smallest absolute Gasteiger partial charge is 0.255 e. The lowest BCUT2D eigenvalue weighted by molar-refractivity contribution is 0.102. The SMILES string of the molecule is NCc1ccc(C(=O)Nc2ccc(O)cc2)cc1. The molecule has 0 saturated heterocycles. The van der Waals surface area contributed by atoms with Crippen molar-refractivity contribution >= 4 is 11.6 Å².